The topological polar surface area (TPSA) is 130 Å². The number of carboxylic acid groups (broad SMARTS) is 1. The van der Waals surface area contributed by atoms with Gasteiger partial charge < -0.3 is 5.11 Å². The van der Waals surface area contributed by atoms with Crippen LogP contribution in [0.1, 0.15) is 51.2 Å². The summed E-state index contributed by atoms with van der Waals surface area (Å²) >= 11 is 0. The van der Waals surface area contributed by atoms with E-state index in [4.69, 9.17) is 5.11 Å². The van der Waals surface area contributed by atoms with Crippen LogP contribution in [-0.4, -0.2) is 51.5 Å². The molecule has 1 rings (SSSR count). The molecule has 0 amide bonds. The zero-order chi connectivity index (χ0) is 21.5. The lowest BCUT2D eigenvalue weighted by Gasteiger charge is -2.18. The predicted molar refractivity (Wildman–Crippen MR) is 109 cm³/mol. The van der Waals surface area contributed by atoms with Crippen LogP contribution in [-0.2, 0) is 31.3 Å². The molecule has 0 aliphatic heterocycles. The largest absolute Gasteiger partial charge is 0.481 e. The molecule has 0 fully saturated rings. The molecule has 28 heavy (non-hydrogen) atoms. The lowest BCUT2D eigenvalue weighted by atomic mass is 9.94. The number of benzene rings is 1. The monoisotopic (exact) mass is 434 g/mol. The van der Waals surface area contributed by atoms with Crippen LogP contribution >= 0.6 is 0 Å². The first-order valence-electron chi connectivity index (χ1n) is 9.12. The van der Waals surface area contributed by atoms with Gasteiger partial charge in [0, 0.05) is 19.0 Å². The van der Waals surface area contributed by atoms with Gasteiger partial charge in [-0.2, -0.15) is 0 Å². The van der Waals surface area contributed by atoms with E-state index in [1.54, 1.807) is 52.0 Å². The van der Waals surface area contributed by atoms with Gasteiger partial charge in [0.25, 0.3) is 0 Å². The third-order valence-electron chi connectivity index (χ3n) is 4.36. The maximum atomic E-state index is 11.9. The van der Waals surface area contributed by atoms with Gasteiger partial charge in [-0.1, -0.05) is 24.3 Å². The molecule has 10 heteroatoms. The molecule has 0 saturated heterocycles. The Morgan fingerprint density at radius 2 is 1.43 bits per heavy atom. The first-order valence-corrected chi connectivity index (χ1v) is 12.2. The number of carboxylic acids is 1. The summed E-state index contributed by atoms with van der Waals surface area (Å²) in [5.41, 5.74) is 1.60. The highest BCUT2D eigenvalue weighted by Gasteiger charge is 2.21. The Hall–Kier alpha value is -1.49. The molecule has 1 unspecified atom stereocenters. The molecule has 0 aromatic heterocycles. The van der Waals surface area contributed by atoms with Crippen LogP contribution in [0.4, 0.5) is 0 Å². The molecule has 0 aliphatic carbocycles. The van der Waals surface area contributed by atoms with Gasteiger partial charge in [0.05, 0.1) is 16.9 Å². The van der Waals surface area contributed by atoms with Crippen molar-refractivity contribution in [1.29, 1.82) is 0 Å². The maximum Gasteiger partial charge on any atom is 0.304 e. The number of carbonyl (C=O) groups is 1. The minimum atomic E-state index is -3.49. The molecule has 1 aromatic carbocycles. The lowest BCUT2D eigenvalue weighted by molar-refractivity contribution is -0.137. The molecule has 8 nitrogen and oxygen atoms in total. The second-order valence-corrected chi connectivity index (χ2v) is 11.9. The van der Waals surface area contributed by atoms with Crippen molar-refractivity contribution in [1.82, 2.24) is 9.44 Å². The summed E-state index contributed by atoms with van der Waals surface area (Å²) in [5, 5.41) is 8.03. The van der Waals surface area contributed by atoms with E-state index >= 15 is 0 Å². The Morgan fingerprint density at radius 1 is 0.929 bits per heavy atom. The second kappa shape index (κ2) is 10.3. The Morgan fingerprint density at radius 3 is 1.89 bits per heavy atom. The van der Waals surface area contributed by atoms with E-state index in [0.29, 0.717) is 12.0 Å². The van der Waals surface area contributed by atoms with Gasteiger partial charge in [0.1, 0.15) is 0 Å². The molecule has 0 aliphatic rings. The first kappa shape index (κ1) is 24.5. The average molecular weight is 435 g/mol. The van der Waals surface area contributed by atoms with E-state index in [0.717, 1.165) is 5.56 Å². The summed E-state index contributed by atoms with van der Waals surface area (Å²) in [5.74, 6) is -1.51. The van der Waals surface area contributed by atoms with Crippen molar-refractivity contribution in [2.45, 2.75) is 57.0 Å². The van der Waals surface area contributed by atoms with Crippen LogP contribution in [0.15, 0.2) is 24.3 Å². The van der Waals surface area contributed by atoms with Gasteiger partial charge in [-0.15, -0.1) is 0 Å². The van der Waals surface area contributed by atoms with E-state index in [9.17, 15) is 21.6 Å². The molecule has 1 atom stereocenters. The molecule has 0 bridgehead atoms. The van der Waals surface area contributed by atoms with Crippen LogP contribution < -0.4 is 9.44 Å². The van der Waals surface area contributed by atoms with E-state index in [2.05, 4.69) is 9.44 Å². The van der Waals surface area contributed by atoms with Crippen LogP contribution in [0, 0.1) is 0 Å². The molecule has 0 heterocycles. The Kier molecular flexibility index (Phi) is 9.06. The van der Waals surface area contributed by atoms with Gasteiger partial charge in [-0.25, -0.2) is 26.3 Å². The van der Waals surface area contributed by atoms with Crippen molar-refractivity contribution >= 4 is 26.0 Å². The summed E-state index contributed by atoms with van der Waals surface area (Å²) in [6.45, 7) is 6.58. The Bertz CT molecular complexity index is 847. The average Bonchev–Trinajstić information content (AvgIpc) is 2.58. The van der Waals surface area contributed by atoms with Gasteiger partial charge in [0.15, 0.2) is 0 Å². The molecule has 0 saturated carbocycles. The standard InChI is InChI=1S/C18H30N2O6S2/c1-13(2)27(23,24)19-10-9-15-5-7-16(8-6-15)17(11-18(21)22)12-20-28(25,26)14(3)4/h5-8,13-14,17,19-20H,9-12H2,1-4H3,(H,21,22). The van der Waals surface area contributed by atoms with Gasteiger partial charge >= 0.3 is 5.97 Å². The van der Waals surface area contributed by atoms with Crippen molar-refractivity contribution < 1.29 is 26.7 Å². The zero-order valence-electron chi connectivity index (χ0n) is 16.7. The van der Waals surface area contributed by atoms with Crippen molar-refractivity contribution in [2.75, 3.05) is 13.1 Å². The third-order valence-corrected chi connectivity index (χ3v) is 8.02. The fourth-order valence-corrected chi connectivity index (χ4v) is 3.85. The van der Waals surface area contributed by atoms with Crippen LogP contribution in [0.3, 0.4) is 0 Å². The Labute approximate surface area is 167 Å². The fraction of sp³-hybridized carbons (Fsp3) is 0.611. The quantitative estimate of drug-likeness (QED) is 0.456. The van der Waals surface area contributed by atoms with Gasteiger partial charge in [-0.05, 0) is 45.2 Å². The highest BCUT2D eigenvalue weighted by Crippen LogP contribution is 2.20. The van der Waals surface area contributed by atoms with Crippen molar-refractivity contribution in [3.8, 4) is 0 Å². The van der Waals surface area contributed by atoms with Crippen molar-refractivity contribution in [3.63, 3.8) is 0 Å². The summed E-state index contributed by atoms with van der Waals surface area (Å²) in [4.78, 5) is 11.2. The minimum Gasteiger partial charge on any atom is -0.481 e. The number of sulfonamides is 2. The van der Waals surface area contributed by atoms with E-state index in [1.165, 1.54) is 0 Å². The van der Waals surface area contributed by atoms with E-state index in [-0.39, 0.29) is 19.5 Å². The van der Waals surface area contributed by atoms with E-state index < -0.39 is 42.4 Å². The highest BCUT2D eigenvalue weighted by atomic mass is 32.2. The molecule has 0 radical (unpaired) electrons. The smallest absolute Gasteiger partial charge is 0.304 e. The number of hydrogen-bond donors (Lipinski definition) is 3. The number of aliphatic carboxylic acids is 1. The molecular weight excluding hydrogens is 404 g/mol. The SMILES string of the molecule is CC(C)S(=O)(=O)NCCc1ccc(C(CNS(=O)(=O)C(C)C)CC(=O)O)cc1. The normalized spacial score (nSPS) is 13.8. The van der Waals surface area contributed by atoms with Crippen LogP contribution in [0.25, 0.3) is 0 Å². The van der Waals surface area contributed by atoms with E-state index in [1.807, 2.05) is 0 Å². The van der Waals surface area contributed by atoms with Gasteiger partial charge in [-0.3, -0.25) is 4.79 Å². The molecule has 160 valence electrons. The predicted octanol–water partition coefficient (Wildman–Crippen LogP) is 1.44. The Balaban J connectivity index is 2.78. The number of hydrogen-bond acceptors (Lipinski definition) is 5. The highest BCUT2D eigenvalue weighted by molar-refractivity contribution is 7.90. The number of nitrogens with one attached hydrogen (secondary N) is 2. The van der Waals surface area contributed by atoms with Crippen LogP contribution in [0.5, 0.6) is 0 Å². The summed E-state index contributed by atoms with van der Waals surface area (Å²) < 4.78 is 52.4. The number of rotatable bonds is 12. The summed E-state index contributed by atoms with van der Waals surface area (Å²) in [6.07, 6.45) is 0.296. The third kappa shape index (κ3) is 7.86. The second-order valence-electron chi connectivity index (χ2n) is 7.22. The summed E-state index contributed by atoms with van der Waals surface area (Å²) in [7, 11) is -6.80. The van der Waals surface area contributed by atoms with Crippen molar-refractivity contribution in [2.24, 2.45) is 0 Å². The lowest BCUT2D eigenvalue weighted by Crippen LogP contribution is -2.34. The maximum absolute atomic E-state index is 11.9. The molecular formula is C18H30N2O6S2. The molecule has 0 spiro atoms. The van der Waals surface area contributed by atoms with Crippen molar-refractivity contribution in [3.05, 3.63) is 35.4 Å². The fourth-order valence-electron chi connectivity index (χ4n) is 2.36. The van der Waals surface area contributed by atoms with Crippen LogP contribution in [0.2, 0.25) is 0 Å². The molecule has 3 N–H and O–H groups in total. The molecule has 1 aromatic rings. The first-order chi connectivity index (χ1) is 12.8. The summed E-state index contributed by atoms with van der Waals surface area (Å²) in [6, 6.07) is 7.10. The minimum absolute atomic E-state index is 0.000345. The zero-order valence-corrected chi connectivity index (χ0v) is 18.3. The van der Waals surface area contributed by atoms with Gasteiger partial charge in [0.2, 0.25) is 20.0 Å².